The number of amides is 7. The molecule has 16 nitrogen and oxygen atoms in total. The molecule has 0 saturated carbocycles. The van der Waals surface area contributed by atoms with Gasteiger partial charge >= 0.3 is 6.03 Å². The van der Waals surface area contributed by atoms with Crippen LogP contribution < -0.4 is 38.5 Å². The fourth-order valence-electron chi connectivity index (χ4n) is 7.14. The number of nitrogens with zero attached hydrogens (tertiary/aromatic N) is 3. The number of fused-ring (bicyclic) bond motifs is 1. The van der Waals surface area contributed by atoms with Gasteiger partial charge in [-0.2, -0.15) is 11.8 Å². The maximum Gasteiger partial charge on any atom is 0.315 e. The maximum atomic E-state index is 13.6. The van der Waals surface area contributed by atoms with Crippen molar-refractivity contribution in [1.82, 2.24) is 36.0 Å². The van der Waals surface area contributed by atoms with Crippen LogP contribution in [0.15, 0.2) is 0 Å². The molecule has 10 N–H and O–H groups in total. The minimum absolute atomic E-state index is 0.00603. The van der Waals surface area contributed by atoms with Gasteiger partial charge in [0.1, 0.15) is 0 Å². The lowest BCUT2D eigenvalue weighted by atomic mass is 10.0. The van der Waals surface area contributed by atoms with Crippen molar-refractivity contribution in [2.45, 2.75) is 140 Å². The molecule has 2 aliphatic heterocycles. The molecule has 0 aromatic rings. The topological polar surface area (TPSA) is 238 Å². The number of carbonyl (C=O) groups is 6. The van der Waals surface area contributed by atoms with Crippen LogP contribution in [0, 0.1) is 0 Å². The SMILES string of the molecule is CCN(CCCCN)C(=O)CN(CCCCN)C(=O)CN(CCCCN)C(=O)CCCCCNC(=O)CCCCCNC(=O)CCCCC1SC[C@@H]2NC(=O)N[C@H]12. The Kier molecular flexibility index (Phi) is 27.1. The van der Waals surface area contributed by atoms with Crippen LogP contribution in [0.3, 0.4) is 0 Å². The van der Waals surface area contributed by atoms with Gasteiger partial charge in [-0.3, -0.25) is 24.0 Å². The zero-order valence-electron chi connectivity index (χ0n) is 34.9. The number of unbranched alkanes of at least 4 members (excludes halogenated alkanes) is 8. The van der Waals surface area contributed by atoms with Crippen molar-refractivity contribution in [3.63, 3.8) is 0 Å². The Balaban J connectivity index is 1.60. The molecule has 2 heterocycles. The van der Waals surface area contributed by atoms with Gasteiger partial charge in [0.05, 0.1) is 25.2 Å². The second-order valence-corrected chi connectivity index (χ2v) is 16.6. The summed E-state index contributed by atoms with van der Waals surface area (Å²) in [6.45, 7) is 6.52. The van der Waals surface area contributed by atoms with Crippen molar-refractivity contribution >= 4 is 47.3 Å². The van der Waals surface area contributed by atoms with E-state index >= 15 is 0 Å². The highest BCUT2D eigenvalue weighted by atomic mass is 32.2. The van der Waals surface area contributed by atoms with Gasteiger partial charge in [-0.15, -0.1) is 0 Å². The summed E-state index contributed by atoms with van der Waals surface area (Å²) in [5.41, 5.74) is 17.0. The second-order valence-electron chi connectivity index (χ2n) is 15.3. The normalized spacial score (nSPS) is 17.1. The second kappa shape index (κ2) is 30.9. The first-order valence-electron chi connectivity index (χ1n) is 21.8. The highest BCUT2D eigenvalue weighted by Gasteiger charge is 2.42. The third-order valence-corrected chi connectivity index (χ3v) is 12.1. The highest BCUT2D eigenvalue weighted by molar-refractivity contribution is 8.00. The Bertz CT molecular complexity index is 1200. The van der Waals surface area contributed by atoms with Gasteiger partial charge in [0.2, 0.25) is 29.5 Å². The molecule has 0 aromatic carbocycles. The first-order valence-corrected chi connectivity index (χ1v) is 22.8. The van der Waals surface area contributed by atoms with Crippen molar-refractivity contribution in [1.29, 1.82) is 0 Å². The lowest BCUT2D eigenvalue weighted by molar-refractivity contribution is -0.144. The average molecular weight is 825 g/mol. The van der Waals surface area contributed by atoms with E-state index in [1.807, 2.05) is 18.7 Å². The Hall–Kier alpha value is -3.15. The summed E-state index contributed by atoms with van der Waals surface area (Å²) in [4.78, 5) is 81.0. The summed E-state index contributed by atoms with van der Waals surface area (Å²) in [6.07, 6.45) is 13.1. The summed E-state index contributed by atoms with van der Waals surface area (Å²) in [5, 5.41) is 12.3. The zero-order chi connectivity index (χ0) is 41.7. The molecule has 0 aromatic heterocycles. The van der Waals surface area contributed by atoms with E-state index in [4.69, 9.17) is 17.2 Å². The number of hydrogen-bond donors (Lipinski definition) is 7. The molecule has 0 aliphatic carbocycles. The lowest BCUT2D eigenvalue weighted by Gasteiger charge is -2.30. The summed E-state index contributed by atoms with van der Waals surface area (Å²) in [5.74, 6) is 0.564. The molecule has 17 heteroatoms. The molecule has 0 bridgehead atoms. The molecule has 2 rings (SSSR count). The molecule has 1 unspecified atom stereocenters. The third kappa shape index (κ3) is 21.4. The fourth-order valence-corrected chi connectivity index (χ4v) is 8.68. The van der Waals surface area contributed by atoms with E-state index in [2.05, 4.69) is 21.3 Å². The van der Waals surface area contributed by atoms with Crippen LogP contribution >= 0.6 is 11.8 Å². The van der Waals surface area contributed by atoms with Crippen LogP contribution in [0.2, 0.25) is 0 Å². The molecular formula is C40H76N10O6S. The van der Waals surface area contributed by atoms with Gasteiger partial charge in [-0.05, 0) is 104 Å². The van der Waals surface area contributed by atoms with Crippen LogP contribution in [-0.4, -0.2) is 145 Å². The largest absolute Gasteiger partial charge is 0.356 e. The monoisotopic (exact) mass is 825 g/mol. The van der Waals surface area contributed by atoms with Gasteiger partial charge in [0.15, 0.2) is 0 Å². The van der Waals surface area contributed by atoms with Crippen LogP contribution in [-0.2, 0) is 24.0 Å². The smallest absolute Gasteiger partial charge is 0.315 e. The van der Waals surface area contributed by atoms with E-state index in [-0.39, 0.29) is 60.7 Å². The van der Waals surface area contributed by atoms with Gasteiger partial charge in [0, 0.05) is 69.5 Å². The maximum absolute atomic E-state index is 13.6. The molecule has 2 fully saturated rings. The number of thioether (sulfide) groups is 1. The molecule has 0 radical (unpaired) electrons. The Labute approximate surface area is 346 Å². The zero-order valence-corrected chi connectivity index (χ0v) is 35.7. The van der Waals surface area contributed by atoms with Crippen molar-refractivity contribution in [3.8, 4) is 0 Å². The molecular weight excluding hydrogens is 749 g/mol. The van der Waals surface area contributed by atoms with Crippen molar-refractivity contribution in [3.05, 3.63) is 0 Å². The molecule has 328 valence electrons. The highest BCUT2D eigenvalue weighted by Crippen LogP contribution is 2.33. The molecule has 2 aliphatic rings. The summed E-state index contributed by atoms with van der Waals surface area (Å²) >= 11 is 1.89. The number of hydrogen-bond acceptors (Lipinski definition) is 10. The quantitative estimate of drug-likeness (QED) is 0.0367. The predicted octanol–water partition coefficient (Wildman–Crippen LogP) is 1.79. The molecule has 0 spiro atoms. The van der Waals surface area contributed by atoms with Crippen molar-refractivity contribution in [2.75, 3.05) is 77.7 Å². The standard InChI is InChI=1S/C40H76N10O6S/c1-2-48(26-14-9-21-41)37(54)29-50(28-16-11-23-43)38(55)30-49(27-15-10-22-42)36(53)20-6-4-13-25-44-34(51)18-5-3-12-24-45-35(52)19-8-7-17-33-39-32(31-57-33)46-40(56)47-39/h32-33,39H,2-31,41-43H2,1H3,(H,44,51)(H,45,52)(H2,46,47,56)/t32-,33?,39-/m0/s1. The average Bonchev–Trinajstić information content (AvgIpc) is 3.75. The van der Waals surface area contributed by atoms with Crippen molar-refractivity contribution < 1.29 is 28.8 Å². The molecule has 2 saturated heterocycles. The van der Waals surface area contributed by atoms with Gasteiger partial charge in [-0.25, -0.2) is 4.79 Å². The van der Waals surface area contributed by atoms with E-state index in [1.54, 1.807) is 14.7 Å². The van der Waals surface area contributed by atoms with E-state index < -0.39 is 0 Å². The first-order chi connectivity index (χ1) is 27.6. The lowest BCUT2D eigenvalue weighted by Crippen LogP contribution is -2.48. The number of urea groups is 1. The van der Waals surface area contributed by atoms with Crippen LogP contribution in [0.4, 0.5) is 4.79 Å². The summed E-state index contributed by atoms with van der Waals surface area (Å²) in [6, 6.07) is 0.363. The molecule has 7 amide bonds. The fraction of sp³-hybridized carbons (Fsp3) is 0.850. The molecule has 57 heavy (non-hydrogen) atoms. The van der Waals surface area contributed by atoms with Crippen LogP contribution in [0.1, 0.15) is 122 Å². The Morgan fingerprint density at radius 1 is 0.614 bits per heavy atom. The van der Waals surface area contributed by atoms with Crippen LogP contribution in [0.5, 0.6) is 0 Å². The summed E-state index contributed by atoms with van der Waals surface area (Å²) in [7, 11) is 0. The third-order valence-electron chi connectivity index (χ3n) is 10.6. The molecule has 3 atom stereocenters. The van der Waals surface area contributed by atoms with E-state index in [0.717, 1.165) is 82.8 Å². The number of nitrogens with one attached hydrogen (secondary N) is 4. The number of rotatable bonds is 34. The summed E-state index contributed by atoms with van der Waals surface area (Å²) < 4.78 is 0. The van der Waals surface area contributed by atoms with Crippen LogP contribution in [0.25, 0.3) is 0 Å². The van der Waals surface area contributed by atoms with Crippen molar-refractivity contribution in [2.24, 2.45) is 17.2 Å². The van der Waals surface area contributed by atoms with Gasteiger partial charge < -0.3 is 53.2 Å². The van der Waals surface area contributed by atoms with E-state index in [9.17, 15) is 28.8 Å². The van der Waals surface area contributed by atoms with Gasteiger partial charge in [-0.1, -0.05) is 19.3 Å². The van der Waals surface area contributed by atoms with Gasteiger partial charge in [0.25, 0.3) is 0 Å². The minimum Gasteiger partial charge on any atom is -0.356 e. The number of carbonyl (C=O) groups excluding carboxylic acids is 6. The minimum atomic E-state index is -0.244. The number of likely N-dealkylation sites (N-methyl/N-ethyl adjacent to an activating group) is 1. The van der Waals surface area contributed by atoms with E-state index in [1.165, 1.54) is 0 Å². The Morgan fingerprint density at radius 3 is 1.65 bits per heavy atom. The number of nitrogens with two attached hydrogens (primary N) is 3. The Morgan fingerprint density at radius 2 is 1.11 bits per heavy atom. The predicted molar refractivity (Wildman–Crippen MR) is 227 cm³/mol. The first kappa shape index (κ1) is 50.0. The van der Waals surface area contributed by atoms with E-state index in [0.29, 0.717) is 103 Å².